The van der Waals surface area contributed by atoms with Crippen molar-refractivity contribution in [2.45, 2.75) is 16.9 Å². The molecule has 3 aromatic rings. The number of rotatable bonds is 7. The second kappa shape index (κ2) is 10.4. The summed E-state index contributed by atoms with van der Waals surface area (Å²) < 4.78 is 3.35. The number of halogens is 3. The Hall–Kier alpha value is -2.25. The highest BCUT2D eigenvalue weighted by Crippen LogP contribution is 2.39. The Morgan fingerprint density at radius 3 is 2.23 bits per heavy atom. The zero-order valence-corrected chi connectivity index (χ0v) is 19.5. The molecule has 1 atom stereocenters. The molecule has 162 valence electrons. The Morgan fingerprint density at radius 1 is 1.03 bits per heavy atom. The van der Waals surface area contributed by atoms with E-state index in [0.717, 1.165) is 5.56 Å². The Morgan fingerprint density at radius 2 is 1.65 bits per heavy atom. The molecule has 3 rings (SSSR count). The van der Waals surface area contributed by atoms with Gasteiger partial charge in [0.15, 0.2) is 0 Å². The second-order valence-corrected chi connectivity index (χ2v) is 9.65. The molecule has 2 N–H and O–H groups in total. The summed E-state index contributed by atoms with van der Waals surface area (Å²) in [5.41, 5.74) is 2.24. The van der Waals surface area contributed by atoms with Gasteiger partial charge in [0.05, 0.1) is 6.61 Å². The summed E-state index contributed by atoms with van der Waals surface area (Å²) in [6.07, 6.45) is -1.11. The molecule has 0 saturated carbocycles. The van der Waals surface area contributed by atoms with Gasteiger partial charge >= 0.3 is 5.97 Å². The summed E-state index contributed by atoms with van der Waals surface area (Å²) >= 11 is 19.7. The predicted molar refractivity (Wildman–Crippen MR) is 127 cm³/mol. The highest BCUT2D eigenvalue weighted by atomic mass is 35.6. The van der Waals surface area contributed by atoms with Crippen LogP contribution in [0.15, 0.2) is 66.0 Å². The van der Waals surface area contributed by atoms with Gasteiger partial charge in [-0.3, -0.25) is 4.79 Å². The first kappa shape index (κ1) is 23.4. The molecule has 1 heterocycles. The lowest BCUT2D eigenvalue weighted by Gasteiger charge is -2.27. The van der Waals surface area contributed by atoms with Crippen molar-refractivity contribution in [1.29, 1.82) is 0 Å². The number of esters is 1. The molecule has 0 aliphatic heterocycles. The number of hydrogen-bond acceptors (Lipinski definition) is 5. The monoisotopic (exact) mass is 496 g/mol. The fraction of sp³-hybridized carbons (Fsp3) is 0.182. The summed E-state index contributed by atoms with van der Waals surface area (Å²) in [5, 5.41) is 7.92. The molecule has 0 saturated heterocycles. The van der Waals surface area contributed by atoms with Gasteiger partial charge in [-0.15, -0.1) is 11.3 Å². The fourth-order valence-electron chi connectivity index (χ4n) is 2.84. The van der Waals surface area contributed by atoms with E-state index in [0.29, 0.717) is 21.7 Å². The van der Waals surface area contributed by atoms with E-state index in [-0.39, 0.29) is 6.61 Å². The fourth-order valence-corrected chi connectivity index (χ4v) is 4.15. The average Bonchev–Trinajstić information content (AvgIpc) is 3.18. The Bertz CT molecular complexity index is 1040. The third-order valence-corrected chi connectivity index (χ3v) is 5.84. The minimum absolute atomic E-state index is 0.209. The van der Waals surface area contributed by atoms with Gasteiger partial charge in [0.25, 0.3) is 5.91 Å². The molecule has 1 unspecified atom stereocenters. The lowest BCUT2D eigenvalue weighted by Crippen LogP contribution is -2.49. The highest BCUT2D eigenvalue weighted by Gasteiger charge is 2.36. The third kappa shape index (κ3) is 5.92. The van der Waals surface area contributed by atoms with Crippen molar-refractivity contribution in [2.24, 2.45) is 0 Å². The molecule has 31 heavy (non-hydrogen) atoms. The van der Waals surface area contributed by atoms with Crippen molar-refractivity contribution in [2.75, 3.05) is 11.9 Å². The first-order valence-corrected chi connectivity index (χ1v) is 11.4. The van der Waals surface area contributed by atoms with Gasteiger partial charge in [-0.2, -0.15) is 0 Å². The van der Waals surface area contributed by atoms with Crippen molar-refractivity contribution in [3.8, 4) is 11.1 Å². The highest BCUT2D eigenvalue weighted by molar-refractivity contribution is 7.15. The molecule has 0 fully saturated rings. The van der Waals surface area contributed by atoms with Gasteiger partial charge in [-0.05, 0) is 24.6 Å². The van der Waals surface area contributed by atoms with Crippen molar-refractivity contribution >= 4 is 63.0 Å². The molecule has 0 spiro atoms. The number of anilines is 1. The molecule has 0 aliphatic carbocycles. The van der Waals surface area contributed by atoms with E-state index in [1.54, 1.807) is 37.3 Å². The maximum atomic E-state index is 12.8. The van der Waals surface area contributed by atoms with Crippen LogP contribution in [0.5, 0.6) is 0 Å². The summed E-state index contributed by atoms with van der Waals surface area (Å²) in [5.74, 6) is -0.940. The largest absolute Gasteiger partial charge is 0.462 e. The Kier molecular flexibility index (Phi) is 7.84. The molecule has 1 amide bonds. The first-order valence-electron chi connectivity index (χ1n) is 9.34. The zero-order chi connectivity index (χ0) is 22.4. The van der Waals surface area contributed by atoms with Crippen LogP contribution in [0.25, 0.3) is 11.1 Å². The number of carbonyl (C=O) groups excluding carboxylic acids is 2. The normalized spacial score (nSPS) is 12.1. The van der Waals surface area contributed by atoms with E-state index in [1.807, 2.05) is 35.7 Å². The number of ether oxygens (including phenoxy) is 1. The van der Waals surface area contributed by atoms with E-state index in [2.05, 4.69) is 10.6 Å². The van der Waals surface area contributed by atoms with E-state index in [1.165, 1.54) is 11.3 Å². The smallest absolute Gasteiger partial charge is 0.341 e. The van der Waals surface area contributed by atoms with Crippen LogP contribution in [0.3, 0.4) is 0 Å². The van der Waals surface area contributed by atoms with Crippen LogP contribution in [-0.4, -0.2) is 28.4 Å². The maximum absolute atomic E-state index is 12.8. The van der Waals surface area contributed by atoms with Crippen LogP contribution in [0.4, 0.5) is 5.00 Å². The second-order valence-electron chi connectivity index (χ2n) is 6.40. The van der Waals surface area contributed by atoms with Gasteiger partial charge in [-0.25, -0.2) is 4.79 Å². The first-order chi connectivity index (χ1) is 14.8. The zero-order valence-electron chi connectivity index (χ0n) is 16.4. The Labute approximate surface area is 199 Å². The molecule has 0 aliphatic rings. The average molecular weight is 498 g/mol. The lowest BCUT2D eigenvalue weighted by atomic mass is 10.0. The van der Waals surface area contributed by atoms with Crippen LogP contribution in [0, 0.1) is 0 Å². The van der Waals surface area contributed by atoms with Gasteiger partial charge in [0.2, 0.25) is 3.79 Å². The summed E-state index contributed by atoms with van der Waals surface area (Å²) in [6, 6.07) is 18.0. The number of alkyl halides is 3. The number of hydrogen-bond donors (Lipinski definition) is 2. The third-order valence-electron chi connectivity index (χ3n) is 4.27. The summed E-state index contributed by atoms with van der Waals surface area (Å²) in [6.45, 7) is 1.94. The minimum atomic E-state index is -1.90. The Balaban J connectivity index is 1.95. The van der Waals surface area contributed by atoms with Crippen molar-refractivity contribution < 1.29 is 14.3 Å². The molecule has 1 aromatic heterocycles. The molecule has 0 radical (unpaired) electrons. The summed E-state index contributed by atoms with van der Waals surface area (Å²) in [4.78, 5) is 25.4. The van der Waals surface area contributed by atoms with Crippen LogP contribution < -0.4 is 10.6 Å². The van der Waals surface area contributed by atoms with Crippen LogP contribution >= 0.6 is 46.1 Å². The van der Waals surface area contributed by atoms with Crippen molar-refractivity contribution in [3.63, 3.8) is 0 Å². The van der Waals surface area contributed by atoms with Crippen LogP contribution in [-0.2, 0) is 4.74 Å². The van der Waals surface area contributed by atoms with E-state index < -0.39 is 21.8 Å². The SMILES string of the molecule is CCOC(=O)c1c(-c2ccccc2)csc1NC(NC(=O)c1ccccc1)C(Cl)(Cl)Cl. The molecule has 9 heteroatoms. The molecular weight excluding hydrogens is 479 g/mol. The minimum Gasteiger partial charge on any atom is -0.462 e. The van der Waals surface area contributed by atoms with Gasteiger partial charge in [0, 0.05) is 16.5 Å². The molecular formula is C22H19Cl3N2O3S. The van der Waals surface area contributed by atoms with Crippen molar-refractivity contribution in [3.05, 3.63) is 77.2 Å². The van der Waals surface area contributed by atoms with Gasteiger partial charge < -0.3 is 15.4 Å². The number of amides is 1. The molecule has 2 aromatic carbocycles. The number of thiophene rings is 1. The predicted octanol–water partition coefficient (Wildman–Crippen LogP) is 6.13. The van der Waals surface area contributed by atoms with Gasteiger partial charge in [0.1, 0.15) is 16.7 Å². The van der Waals surface area contributed by atoms with E-state index >= 15 is 0 Å². The number of benzene rings is 2. The number of carbonyl (C=O) groups is 2. The summed E-state index contributed by atoms with van der Waals surface area (Å²) in [7, 11) is 0. The van der Waals surface area contributed by atoms with Gasteiger partial charge in [-0.1, -0.05) is 83.3 Å². The topological polar surface area (TPSA) is 67.4 Å². The standard InChI is InChI=1S/C22H19Cl3N2O3S/c1-2-30-20(29)17-16(14-9-5-3-6-10-14)13-31-19(17)27-21(22(23,24)25)26-18(28)15-11-7-4-8-12-15/h3-13,21,27H,2H2,1H3,(H,26,28). The lowest BCUT2D eigenvalue weighted by molar-refractivity contribution is 0.0529. The molecule has 0 bridgehead atoms. The van der Waals surface area contributed by atoms with E-state index in [4.69, 9.17) is 39.5 Å². The van der Waals surface area contributed by atoms with Crippen LogP contribution in [0.2, 0.25) is 0 Å². The number of nitrogens with one attached hydrogen (secondary N) is 2. The molecule has 5 nitrogen and oxygen atoms in total. The quantitative estimate of drug-likeness (QED) is 0.234. The van der Waals surface area contributed by atoms with Crippen LogP contribution in [0.1, 0.15) is 27.6 Å². The van der Waals surface area contributed by atoms with E-state index in [9.17, 15) is 9.59 Å². The van der Waals surface area contributed by atoms with Crippen molar-refractivity contribution in [1.82, 2.24) is 5.32 Å². The maximum Gasteiger partial charge on any atom is 0.341 e.